The van der Waals surface area contributed by atoms with Gasteiger partial charge in [0.2, 0.25) is 0 Å². The van der Waals surface area contributed by atoms with Crippen LogP contribution in [-0.4, -0.2) is 30.3 Å². The predicted molar refractivity (Wildman–Crippen MR) is 71.9 cm³/mol. The molecule has 0 aliphatic heterocycles. The van der Waals surface area contributed by atoms with E-state index in [0.717, 1.165) is 0 Å². The van der Waals surface area contributed by atoms with Gasteiger partial charge in [-0.25, -0.2) is 0 Å². The average molecular weight is 283 g/mol. The second-order valence-corrected chi connectivity index (χ2v) is 4.26. The van der Waals surface area contributed by atoms with Crippen molar-refractivity contribution in [1.82, 2.24) is 0 Å². The molecule has 0 fully saturated rings. The smallest absolute Gasteiger partial charge is 0.308 e. The van der Waals surface area contributed by atoms with Gasteiger partial charge in [-0.3, -0.25) is 4.79 Å². The van der Waals surface area contributed by atoms with Crippen LogP contribution in [0.3, 0.4) is 0 Å². The number of halogens is 1. The molecule has 0 saturated carbocycles. The van der Waals surface area contributed by atoms with E-state index in [9.17, 15) is 9.90 Å². The van der Waals surface area contributed by atoms with Crippen LogP contribution in [0.5, 0.6) is 0 Å². The van der Waals surface area contributed by atoms with Crippen molar-refractivity contribution < 1.29 is 14.6 Å². The Bertz CT molecular complexity index is 485. The number of hydrogen-bond acceptors (Lipinski definition) is 5. The molecule has 0 aromatic heterocycles. The normalized spacial score (nSPS) is 11.5. The van der Waals surface area contributed by atoms with Gasteiger partial charge < -0.3 is 15.2 Å². The molecule has 0 bridgehead atoms. The van der Waals surface area contributed by atoms with Crippen molar-refractivity contribution in [2.45, 2.75) is 19.4 Å². The number of anilines is 1. The first kappa shape index (κ1) is 15.3. The molecule has 0 amide bonds. The molecule has 0 aliphatic carbocycles. The van der Waals surface area contributed by atoms with Gasteiger partial charge in [0.25, 0.3) is 0 Å². The van der Waals surface area contributed by atoms with E-state index in [0.29, 0.717) is 16.3 Å². The molecule has 0 aliphatic rings. The zero-order chi connectivity index (χ0) is 14.3. The topological polar surface area (TPSA) is 82.3 Å². The van der Waals surface area contributed by atoms with E-state index in [2.05, 4.69) is 5.32 Å². The molecule has 5 nitrogen and oxygen atoms in total. The highest BCUT2D eigenvalue weighted by Crippen LogP contribution is 2.22. The summed E-state index contributed by atoms with van der Waals surface area (Å²) in [7, 11) is 0. The first-order chi connectivity index (χ1) is 9.06. The number of nitrogens with one attached hydrogen (secondary N) is 1. The molecule has 1 atom stereocenters. The van der Waals surface area contributed by atoms with E-state index in [4.69, 9.17) is 21.6 Å². The maximum absolute atomic E-state index is 11.2. The molecule has 1 rings (SSSR count). The summed E-state index contributed by atoms with van der Waals surface area (Å²) in [4.78, 5) is 11.2. The number of carbonyl (C=O) groups excluding carboxylic acids is 1. The fourth-order valence-electron chi connectivity index (χ4n) is 1.44. The van der Waals surface area contributed by atoms with E-state index in [1.807, 2.05) is 6.07 Å². The number of hydrogen-bond donors (Lipinski definition) is 2. The van der Waals surface area contributed by atoms with Gasteiger partial charge in [0.15, 0.2) is 0 Å². The van der Waals surface area contributed by atoms with Crippen LogP contribution in [0, 0.1) is 11.3 Å². The molecular formula is C13H15ClN2O3. The van der Waals surface area contributed by atoms with Crippen LogP contribution < -0.4 is 5.32 Å². The van der Waals surface area contributed by atoms with Crippen LogP contribution in [0.2, 0.25) is 5.02 Å². The molecule has 102 valence electrons. The lowest BCUT2D eigenvalue weighted by Gasteiger charge is -2.13. The first-order valence-corrected chi connectivity index (χ1v) is 6.21. The minimum absolute atomic E-state index is 0.0869. The fraction of sp³-hybridized carbons (Fsp3) is 0.385. The summed E-state index contributed by atoms with van der Waals surface area (Å²) in [6.45, 7) is 2.14. The molecule has 0 radical (unpaired) electrons. The second kappa shape index (κ2) is 7.62. The molecular weight excluding hydrogens is 268 g/mol. The highest BCUT2D eigenvalue weighted by molar-refractivity contribution is 6.33. The van der Waals surface area contributed by atoms with Gasteiger partial charge in [0.1, 0.15) is 0 Å². The Morgan fingerprint density at radius 2 is 2.37 bits per heavy atom. The lowest BCUT2D eigenvalue weighted by atomic mass is 10.2. The number of nitrogens with zero attached hydrogens (tertiary/aromatic N) is 1. The second-order valence-electron chi connectivity index (χ2n) is 3.85. The molecule has 1 aromatic rings. The third kappa shape index (κ3) is 5.16. The van der Waals surface area contributed by atoms with Crippen molar-refractivity contribution in [3.8, 4) is 6.07 Å². The molecule has 2 N–H and O–H groups in total. The van der Waals surface area contributed by atoms with Gasteiger partial charge in [0, 0.05) is 6.54 Å². The van der Waals surface area contributed by atoms with Crippen molar-refractivity contribution in [2.24, 2.45) is 0 Å². The van der Waals surface area contributed by atoms with Gasteiger partial charge in [-0.05, 0) is 25.1 Å². The van der Waals surface area contributed by atoms with Crippen molar-refractivity contribution in [1.29, 1.82) is 5.26 Å². The van der Waals surface area contributed by atoms with Gasteiger partial charge in [-0.15, -0.1) is 0 Å². The lowest BCUT2D eigenvalue weighted by molar-refractivity contribution is -0.145. The molecule has 0 spiro atoms. The van der Waals surface area contributed by atoms with Crippen LogP contribution in [0.15, 0.2) is 18.2 Å². The molecule has 0 saturated heterocycles. The van der Waals surface area contributed by atoms with Gasteiger partial charge in [0.05, 0.1) is 41.5 Å². The maximum Gasteiger partial charge on any atom is 0.308 e. The van der Waals surface area contributed by atoms with E-state index in [1.165, 1.54) is 0 Å². The number of ether oxygens (including phenoxy) is 1. The highest BCUT2D eigenvalue weighted by Gasteiger charge is 2.12. The van der Waals surface area contributed by atoms with Gasteiger partial charge in [-0.1, -0.05) is 11.6 Å². The Morgan fingerprint density at radius 3 is 3.00 bits per heavy atom. The first-order valence-electron chi connectivity index (χ1n) is 5.84. The SMILES string of the molecule is CCOC(=O)CC(O)CNc1cc(C#N)ccc1Cl. The number of aliphatic hydroxyl groups excluding tert-OH is 1. The number of rotatable bonds is 6. The van der Waals surface area contributed by atoms with Crippen LogP contribution >= 0.6 is 11.6 Å². The number of nitriles is 1. The summed E-state index contributed by atoms with van der Waals surface area (Å²) < 4.78 is 4.73. The van der Waals surface area contributed by atoms with Crippen LogP contribution in [0.1, 0.15) is 18.9 Å². The summed E-state index contributed by atoms with van der Waals surface area (Å²) in [5, 5.41) is 21.8. The Balaban J connectivity index is 2.52. The number of benzene rings is 1. The Labute approximate surface area is 116 Å². The zero-order valence-electron chi connectivity index (χ0n) is 10.5. The van der Waals surface area contributed by atoms with E-state index < -0.39 is 12.1 Å². The average Bonchev–Trinajstić information content (AvgIpc) is 2.38. The quantitative estimate of drug-likeness (QED) is 0.779. The molecule has 1 unspecified atom stereocenters. The van der Waals surface area contributed by atoms with Crippen LogP contribution in [0.4, 0.5) is 5.69 Å². The standard InChI is InChI=1S/C13H15ClN2O3/c1-2-19-13(18)6-10(17)8-16-12-5-9(7-15)3-4-11(12)14/h3-5,10,16-17H,2,6,8H2,1H3. The van der Waals surface area contributed by atoms with Gasteiger partial charge in [-0.2, -0.15) is 5.26 Å². The maximum atomic E-state index is 11.2. The lowest BCUT2D eigenvalue weighted by Crippen LogP contribution is -2.24. The van der Waals surface area contributed by atoms with E-state index >= 15 is 0 Å². The van der Waals surface area contributed by atoms with Gasteiger partial charge >= 0.3 is 5.97 Å². The summed E-state index contributed by atoms with van der Waals surface area (Å²) in [6.07, 6.45) is -0.961. The Morgan fingerprint density at radius 1 is 1.63 bits per heavy atom. The van der Waals surface area contributed by atoms with Crippen molar-refractivity contribution in [3.63, 3.8) is 0 Å². The van der Waals surface area contributed by atoms with Crippen molar-refractivity contribution in [2.75, 3.05) is 18.5 Å². The molecule has 1 aromatic carbocycles. The Hall–Kier alpha value is -1.77. The largest absolute Gasteiger partial charge is 0.466 e. The minimum Gasteiger partial charge on any atom is -0.466 e. The fourth-order valence-corrected chi connectivity index (χ4v) is 1.63. The van der Waals surface area contributed by atoms with Crippen LogP contribution in [0.25, 0.3) is 0 Å². The molecule has 0 heterocycles. The molecule has 6 heteroatoms. The Kier molecular flexibility index (Phi) is 6.13. The zero-order valence-corrected chi connectivity index (χ0v) is 11.3. The molecule has 19 heavy (non-hydrogen) atoms. The van der Waals surface area contributed by atoms with Crippen molar-refractivity contribution in [3.05, 3.63) is 28.8 Å². The number of carbonyl (C=O) groups is 1. The predicted octanol–water partition coefficient (Wildman–Crippen LogP) is 1.94. The summed E-state index contributed by atoms with van der Waals surface area (Å²) in [5.74, 6) is -0.450. The monoisotopic (exact) mass is 282 g/mol. The number of esters is 1. The summed E-state index contributed by atoms with van der Waals surface area (Å²) >= 11 is 5.95. The number of aliphatic hydroxyl groups is 1. The third-order valence-corrected chi connectivity index (χ3v) is 2.66. The van der Waals surface area contributed by atoms with E-state index in [-0.39, 0.29) is 19.6 Å². The minimum atomic E-state index is -0.874. The van der Waals surface area contributed by atoms with E-state index in [1.54, 1.807) is 25.1 Å². The summed E-state index contributed by atoms with van der Waals surface area (Å²) in [5.41, 5.74) is 1.01. The highest BCUT2D eigenvalue weighted by atomic mass is 35.5. The third-order valence-electron chi connectivity index (χ3n) is 2.33. The van der Waals surface area contributed by atoms with Crippen molar-refractivity contribution >= 4 is 23.3 Å². The van der Waals surface area contributed by atoms with Crippen LogP contribution in [-0.2, 0) is 9.53 Å². The summed E-state index contributed by atoms with van der Waals surface area (Å²) in [6, 6.07) is 6.78.